The van der Waals surface area contributed by atoms with Gasteiger partial charge in [-0.15, -0.1) is 28.5 Å². The number of carbonyl (C=O) groups is 1. The van der Waals surface area contributed by atoms with Crippen LogP contribution in [0.25, 0.3) is 0 Å². The molecule has 1 aliphatic rings. The number of benzene rings is 1. The topological polar surface area (TPSA) is 127 Å². The van der Waals surface area contributed by atoms with E-state index in [4.69, 9.17) is 0 Å². The van der Waals surface area contributed by atoms with E-state index in [0.29, 0.717) is 41.7 Å². The first-order chi connectivity index (χ1) is 17.2. The fraction of sp³-hybridized carbons (Fsp3) is 0.500. The van der Waals surface area contributed by atoms with Gasteiger partial charge in [0.15, 0.2) is 6.23 Å². The van der Waals surface area contributed by atoms with Crippen molar-refractivity contribution in [3.05, 3.63) is 51.7 Å². The second kappa shape index (κ2) is 11.8. The van der Waals surface area contributed by atoms with Gasteiger partial charge in [-0.25, -0.2) is 0 Å². The summed E-state index contributed by atoms with van der Waals surface area (Å²) in [5, 5.41) is 33.2. The van der Waals surface area contributed by atoms with Crippen molar-refractivity contribution in [1.29, 1.82) is 0 Å². The summed E-state index contributed by atoms with van der Waals surface area (Å²) < 4.78 is 42.6. The maximum Gasteiger partial charge on any atom is 0.573 e. The number of amides is 1. The third kappa shape index (κ3) is 8.24. The van der Waals surface area contributed by atoms with Crippen molar-refractivity contribution in [3.63, 3.8) is 0 Å². The first kappa shape index (κ1) is 26.0. The van der Waals surface area contributed by atoms with E-state index < -0.39 is 12.6 Å². The summed E-state index contributed by atoms with van der Waals surface area (Å²) in [5.74, 6) is 0.105. The van der Waals surface area contributed by atoms with Gasteiger partial charge in [-0.2, -0.15) is 0 Å². The number of ether oxygens (including phenoxy) is 1. The number of hydrogen-bond donors (Lipinski definition) is 3. The predicted octanol–water partition coefficient (Wildman–Crippen LogP) is 2.97. The van der Waals surface area contributed by atoms with E-state index >= 15 is 0 Å². The Kier molecular flexibility index (Phi) is 8.48. The summed E-state index contributed by atoms with van der Waals surface area (Å²) in [6.45, 7) is 1.37. The molecule has 1 atom stereocenters. The Bertz CT molecular complexity index is 1150. The van der Waals surface area contributed by atoms with Crippen molar-refractivity contribution >= 4 is 17.2 Å². The lowest BCUT2D eigenvalue weighted by atomic mass is 10.2. The number of nitrogens with zero attached hydrogens (tertiary/aromatic N) is 5. The van der Waals surface area contributed by atoms with E-state index in [1.165, 1.54) is 42.4 Å². The zero-order valence-corrected chi connectivity index (χ0v) is 20.1. The number of halogens is 3. The molecular weight excluding hydrogens is 499 g/mol. The Labute approximate surface area is 208 Å². The summed E-state index contributed by atoms with van der Waals surface area (Å²) in [6.07, 6.45) is 0.315. The van der Waals surface area contributed by atoms with Gasteiger partial charge in [-0.1, -0.05) is 28.7 Å². The molecule has 1 aliphatic carbocycles. The number of nitrogens with one attached hydrogen (secondary N) is 2. The van der Waals surface area contributed by atoms with Crippen LogP contribution in [-0.2, 0) is 19.5 Å². The molecule has 1 amide bonds. The van der Waals surface area contributed by atoms with Crippen molar-refractivity contribution < 1.29 is 27.8 Å². The molecule has 10 nitrogen and oxygen atoms in total. The molecule has 1 saturated carbocycles. The zero-order chi connectivity index (χ0) is 25.5. The van der Waals surface area contributed by atoms with Crippen LogP contribution in [0, 0.1) is 5.92 Å². The van der Waals surface area contributed by atoms with Gasteiger partial charge in [0.1, 0.15) is 16.5 Å². The number of hydrogen-bond acceptors (Lipinski definition) is 9. The normalized spacial score (nSPS) is 14.6. The smallest absolute Gasteiger partial charge is 0.406 e. The number of aryl methyl sites for hydroxylation is 2. The minimum absolute atomic E-state index is 0.103. The third-order valence-corrected chi connectivity index (χ3v) is 6.39. The maximum absolute atomic E-state index is 12.4. The molecule has 0 aliphatic heterocycles. The molecule has 36 heavy (non-hydrogen) atoms. The zero-order valence-electron chi connectivity index (χ0n) is 19.2. The van der Waals surface area contributed by atoms with Crippen molar-refractivity contribution in [3.8, 4) is 5.75 Å². The molecule has 0 spiro atoms. The molecule has 0 radical (unpaired) electrons. The standard InChI is InChI=1S/C22H26F3N7O3S/c23-22(24,25)35-16-5-3-4-15(10-16)12-26-19(33)17-13-32(31-28-17)9-2-1-6-18-29-30-21(36-18)20(34)27-11-14-7-8-14/h3-5,10,13-14,19,26,33H,1-2,6-9,11-12H2,(H,27,34). The van der Waals surface area contributed by atoms with Crippen LogP contribution in [-0.4, -0.2) is 49.1 Å². The quantitative estimate of drug-likeness (QED) is 0.230. The first-order valence-corrected chi connectivity index (χ1v) is 12.3. The summed E-state index contributed by atoms with van der Waals surface area (Å²) in [6, 6.07) is 5.50. The average Bonchev–Trinajstić information content (AvgIpc) is 3.33. The maximum atomic E-state index is 12.4. The van der Waals surface area contributed by atoms with Gasteiger partial charge in [0, 0.05) is 26.1 Å². The number of aromatic nitrogens is 5. The lowest BCUT2D eigenvalue weighted by molar-refractivity contribution is -0.274. The van der Waals surface area contributed by atoms with Crippen LogP contribution >= 0.6 is 11.3 Å². The van der Waals surface area contributed by atoms with E-state index in [1.807, 2.05) is 0 Å². The van der Waals surface area contributed by atoms with E-state index in [9.17, 15) is 23.1 Å². The second-order valence-corrected chi connectivity index (χ2v) is 9.56. The van der Waals surface area contributed by atoms with Gasteiger partial charge in [0.05, 0.1) is 6.20 Å². The third-order valence-electron chi connectivity index (χ3n) is 5.41. The molecule has 3 N–H and O–H groups in total. The Morgan fingerprint density at radius 2 is 2.08 bits per heavy atom. The van der Waals surface area contributed by atoms with Crippen LogP contribution in [0.15, 0.2) is 30.5 Å². The number of aliphatic hydroxyl groups excluding tert-OH is 1. The molecule has 194 valence electrons. The van der Waals surface area contributed by atoms with E-state index in [-0.39, 0.29) is 18.2 Å². The molecule has 0 bridgehead atoms. The SMILES string of the molecule is O=C(NCC1CC1)c1nnc(CCCCn2cc(C(O)NCc3cccc(OC(F)(F)F)c3)nn2)s1. The molecule has 0 saturated heterocycles. The molecule has 1 fully saturated rings. The highest BCUT2D eigenvalue weighted by molar-refractivity contribution is 7.13. The van der Waals surface area contributed by atoms with Gasteiger partial charge in [-0.3, -0.25) is 14.8 Å². The Balaban J connectivity index is 1.16. The number of carbonyl (C=O) groups excluding carboxylic acids is 1. The Morgan fingerprint density at radius 3 is 2.86 bits per heavy atom. The van der Waals surface area contributed by atoms with E-state index in [2.05, 4.69) is 35.9 Å². The van der Waals surface area contributed by atoms with Crippen LogP contribution in [0.2, 0.25) is 0 Å². The van der Waals surface area contributed by atoms with Gasteiger partial charge in [-0.05, 0) is 49.3 Å². The van der Waals surface area contributed by atoms with Crippen LogP contribution < -0.4 is 15.4 Å². The number of rotatable bonds is 13. The molecule has 1 aromatic carbocycles. The number of alkyl halides is 3. The van der Waals surface area contributed by atoms with E-state index in [0.717, 1.165) is 17.8 Å². The van der Waals surface area contributed by atoms with Gasteiger partial charge in [0.2, 0.25) is 5.01 Å². The fourth-order valence-electron chi connectivity index (χ4n) is 3.35. The summed E-state index contributed by atoms with van der Waals surface area (Å²) in [5.41, 5.74) is 0.798. The Hall–Kier alpha value is -3.10. The predicted molar refractivity (Wildman–Crippen MR) is 123 cm³/mol. The minimum atomic E-state index is -4.77. The second-order valence-electron chi connectivity index (χ2n) is 8.50. The van der Waals surface area contributed by atoms with Crippen LogP contribution in [0.3, 0.4) is 0 Å². The fourth-order valence-corrected chi connectivity index (χ4v) is 4.15. The Morgan fingerprint density at radius 1 is 1.25 bits per heavy atom. The lowest BCUT2D eigenvalue weighted by Crippen LogP contribution is -2.25. The van der Waals surface area contributed by atoms with Gasteiger partial charge in [0.25, 0.3) is 5.91 Å². The highest BCUT2D eigenvalue weighted by Gasteiger charge is 2.31. The molecule has 2 heterocycles. The van der Waals surface area contributed by atoms with E-state index in [1.54, 1.807) is 16.9 Å². The molecule has 2 aromatic heterocycles. The molecule has 1 unspecified atom stereocenters. The van der Waals surface area contributed by atoms with Gasteiger partial charge < -0.3 is 15.2 Å². The molecular formula is C22H26F3N7O3S. The largest absolute Gasteiger partial charge is 0.573 e. The summed E-state index contributed by atoms with van der Waals surface area (Å²) in [4.78, 5) is 12.1. The van der Waals surface area contributed by atoms with Crippen molar-refractivity contribution in [1.82, 2.24) is 35.8 Å². The minimum Gasteiger partial charge on any atom is -0.406 e. The summed E-state index contributed by atoms with van der Waals surface area (Å²) >= 11 is 1.30. The summed E-state index contributed by atoms with van der Waals surface area (Å²) in [7, 11) is 0. The van der Waals surface area contributed by atoms with Crippen LogP contribution in [0.5, 0.6) is 5.75 Å². The number of unbranched alkanes of at least 4 members (excludes halogenated alkanes) is 1. The highest BCUT2D eigenvalue weighted by Crippen LogP contribution is 2.27. The van der Waals surface area contributed by atoms with Crippen LogP contribution in [0.1, 0.15) is 58.0 Å². The van der Waals surface area contributed by atoms with Gasteiger partial charge >= 0.3 is 6.36 Å². The lowest BCUT2D eigenvalue weighted by Gasteiger charge is -2.12. The van der Waals surface area contributed by atoms with Crippen molar-refractivity contribution in [2.75, 3.05) is 6.54 Å². The molecule has 3 aromatic rings. The molecule has 14 heteroatoms. The van der Waals surface area contributed by atoms with Crippen molar-refractivity contribution in [2.45, 2.75) is 57.8 Å². The first-order valence-electron chi connectivity index (χ1n) is 11.5. The average molecular weight is 526 g/mol. The monoisotopic (exact) mass is 525 g/mol. The van der Waals surface area contributed by atoms with Crippen LogP contribution in [0.4, 0.5) is 13.2 Å². The van der Waals surface area contributed by atoms with Crippen molar-refractivity contribution in [2.24, 2.45) is 5.92 Å². The molecule has 4 rings (SSSR count). The number of aliphatic hydroxyl groups is 1. The highest BCUT2D eigenvalue weighted by atomic mass is 32.1.